The second-order valence-electron chi connectivity index (χ2n) is 6.46. The second-order valence-corrected chi connectivity index (χ2v) is 6.46. The van der Waals surface area contributed by atoms with Gasteiger partial charge in [-0.1, -0.05) is 11.3 Å². The lowest BCUT2D eigenvalue weighted by molar-refractivity contribution is 0.0928. The van der Waals surface area contributed by atoms with Crippen LogP contribution in [0.3, 0.4) is 0 Å². The standard InChI is InChI=1S/C19H18FN5O2/c1-25-18-8-5-13(10-17(18)23-24-25)22-19(26)16-7-6-15(11-21-16)27-14-4-2-3-12(20)9-14/h2-4,6-7,9,11,13H,5,8,10H2,1H3,(H,22,26). The highest BCUT2D eigenvalue weighted by atomic mass is 19.1. The van der Waals surface area contributed by atoms with Gasteiger partial charge in [0.1, 0.15) is 23.0 Å². The Labute approximate surface area is 155 Å². The molecule has 2 heterocycles. The van der Waals surface area contributed by atoms with Crippen LogP contribution >= 0.6 is 0 Å². The first kappa shape index (κ1) is 17.1. The molecule has 2 aromatic heterocycles. The van der Waals surface area contributed by atoms with Gasteiger partial charge in [-0.2, -0.15) is 0 Å². The average Bonchev–Trinajstić information content (AvgIpc) is 3.03. The molecular formula is C19H18FN5O2. The molecular weight excluding hydrogens is 349 g/mol. The molecule has 7 nitrogen and oxygen atoms in total. The largest absolute Gasteiger partial charge is 0.456 e. The third-order valence-corrected chi connectivity index (χ3v) is 4.53. The molecule has 3 aromatic rings. The molecule has 0 spiro atoms. The van der Waals surface area contributed by atoms with Gasteiger partial charge >= 0.3 is 0 Å². The summed E-state index contributed by atoms with van der Waals surface area (Å²) in [7, 11) is 1.88. The number of aromatic nitrogens is 4. The van der Waals surface area contributed by atoms with E-state index in [0.29, 0.717) is 23.6 Å². The average molecular weight is 367 g/mol. The SMILES string of the molecule is Cn1nnc2c1CCC(NC(=O)c1ccc(Oc3cccc(F)c3)cn1)C2. The third-order valence-electron chi connectivity index (χ3n) is 4.53. The van der Waals surface area contributed by atoms with E-state index in [2.05, 4.69) is 20.6 Å². The van der Waals surface area contributed by atoms with Crippen LogP contribution in [0.15, 0.2) is 42.6 Å². The fraction of sp³-hybridized carbons (Fsp3) is 0.263. The molecule has 1 aromatic carbocycles. The summed E-state index contributed by atoms with van der Waals surface area (Å²) < 4.78 is 20.5. The summed E-state index contributed by atoms with van der Waals surface area (Å²) in [6.45, 7) is 0. The Morgan fingerprint density at radius 2 is 2.19 bits per heavy atom. The Bertz CT molecular complexity index is 970. The molecule has 0 aliphatic heterocycles. The lowest BCUT2D eigenvalue weighted by Crippen LogP contribution is -2.39. The van der Waals surface area contributed by atoms with E-state index < -0.39 is 0 Å². The molecule has 1 unspecified atom stereocenters. The predicted octanol–water partition coefficient (Wildman–Crippen LogP) is 2.43. The van der Waals surface area contributed by atoms with Crippen LogP contribution < -0.4 is 10.1 Å². The smallest absolute Gasteiger partial charge is 0.270 e. The molecule has 8 heteroatoms. The van der Waals surface area contributed by atoms with Gasteiger partial charge < -0.3 is 10.1 Å². The number of hydrogen-bond donors (Lipinski definition) is 1. The van der Waals surface area contributed by atoms with E-state index in [0.717, 1.165) is 24.2 Å². The monoisotopic (exact) mass is 367 g/mol. The van der Waals surface area contributed by atoms with E-state index in [1.807, 2.05) is 7.05 Å². The van der Waals surface area contributed by atoms with Gasteiger partial charge in [-0.05, 0) is 37.1 Å². The van der Waals surface area contributed by atoms with Gasteiger partial charge in [-0.3, -0.25) is 9.48 Å². The molecule has 1 amide bonds. The minimum Gasteiger partial charge on any atom is -0.456 e. The van der Waals surface area contributed by atoms with Crippen LogP contribution in [0.1, 0.15) is 28.3 Å². The molecule has 1 aliphatic rings. The first-order chi connectivity index (χ1) is 13.1. The van der Waals surface area contributed by atoms with Crippen LogP contribution in [0.4, 0.5) is 4.39 Å². The zero-order valence-corrected chi connectivity index (χ0v) is 14.7. The zero-order valence-electron chi connectivity index (χ0n) is 14.7. The molecule has 1 aliphatic carbocycles. The minimum absolute atomic E-state index is 0.00622. The second kappa shape index (κ2) is 7.14. The van der Waals surface area contributed by atoms with Crippen LogP contribution in [0.5, 0.6) is 11.5 Å². The van der Waals surface area contributed by atoms with Gasteiger partial charge in [0, 0.05) is 25.6 Å². The van der Waals surface area contributed by atoms with Gasteiger partial charge in [0.15, 0.2) is 0 Å². The minimum atomic E-state index is -0.379. The highest BCUT2D eigenvalue weighted by Gasteiger charge is 2.24. The van der Waals surface area contributed by atoms with Crippen molar-refractivity contribution in [2.75, 3.05) is 0 Å². The van der Waals surface area contributed by atoms with Crippen molar-refractivity contribution in [2.45, 2.75) is 25.3 Å². The first-order valence-electron chi connectivity index (χ1n) is 8.66. The Hall–Kier alpha value is -3.29. The molecule has 1 atom stereocenters. The van der Waals surface area contributed by atoms with Gasteiger partial charge in [-0.15, -0.1) is 5.10 Å². The molecule has 0 radical (unpaired) electrons. The number of hydrogen-bond acceptors (Lipinski definition) is 5. The summed E-state index contributed by atoms with van der Waals surface area (Å²) in [4.78, 5) is 16.6. The molecule has 0 bridgehead atoms. The van der Waals surface area contributed by atoms with Crippen LogP contribution in [-0.4, -0.2) is 31.9 Å². The molecule has 1 N–H and O–H groups in total. The summed E-state index contributed by atoms with van der Waals surface area (Å²) in [5.74, 6) is 0.176. The fourth-order valence-electron chi connectivity index (χ4n) is 3.15. The Balaban J connectivity index is 1.38. The van der Waals surface area contributed by atoms with Crippen molar-refractivity contribution in [3.8, 4) is 11.5 Å². The van der Waals surface area contributed by atoms with Crippen LogP contribution in [0.2, 0.25) is 0 Å². The number of pyridine rings is 1. The van der Waals surface area contributed by atoms with Gasteiger partial charge in [0.2, 0.25) is 0 Å². The Morgan fingerprint density at radius 3 is 2.96 bits per heavy atom. The number of rotatable bonds is 4. The van der Waals surface area contributed by atoms with Crippen LogP contribution in [0, 0.1) is 5.82 Å². The third kappa shape index (κ3) is 3.79. The normalized spacial score (nSPS) is 15.9. The summed E-state index contributed by atoms with van der Waals surface area (Å²) in [5.41, 5.74) is 2.35. The van der Waals surface area contributed by atoms with Gasteiger partial charge in [-0.25, -0.2) is 9.37 Å². The van der Waals surface area contributed by atoms with Crippen molar-refractivity contribution in [3.63, 3.8) is 0 Å². The molecule has 0 fully saturated rings. The number of benzene rings is 1. The number of nitrogens with one attached hydrogen (secondary N) is 1. The quantitative estimate of drug-likeness (QED) is 0.766. The van der Waals surface area contributed by atoms with Crippen LogP contribution in [0.25, 0.3) is 0 Å². The van der Waals surface area contributed by atoms with E-state index in [-0.39, 0.29) is 17.8 Å². The van der Waals surface area contributed by atoms with Gasteiger partial charge in [0.05, 0.1) is 17.6 Å². The number of carbonyl (C=O) groups is 1. The first-order valence-corrected chi connectivity index (χ1v) is 8.66. The number of ether oxygens (including phenoxy) is 1. The lowest BCUT2D eigenvalue weighted by Gasteiger charge is -2.22. The maximum Gasteiger partial charge on any atom is 0.270 e. The summed E-state index contributed by atoms with van der Waals surface area (Å²) in [6, 6.07) is 9.06. The highest BCUT2D eigenvalue weighted by Crippen LogP contribution is 2.22. The maximum absolute atomic E-state index is 13.2. The number of carbonyl (C=O) groups excluding carboxylic acids is 1. The number of fused-ring (bicyclic) bond motifs is 1. The molecule has 27 heavy (non-hydrogen) atoms. The van der Waals surface area contributed by atoms with Crippen LogP contribution in [-0.2, 0) is 19.9 Å². The number of halogens is 1. The molecule has 138 valence electrons. The highest BCUT2D eigenvalue weighted by molar-refractivity contribution is 5.92. The van der Waals surface area contributed by atoms with Crippen molar-refractivity contribution in [3.05, 3.63) is 65.5 Å². The zero-order chi connectivity index (χ0) is 18.8. The molecule has 0 saturated heterocycles. The Kier molecular flexibility index (Phi) is 4.53. The number of amides is 1. The van der Waals surface area contributed by atoms with E-state index in [1.54, 1.807) is 28.9 Å². The maximum atomic E-state index is 13.2. The molecule has 4 rings (SSSR count). The van der Waals surface area contributed by atoms with Crippen molar-refractivity contribution in [1.29, 1.82) is 0 Å². The summed E-state index contributed by atoms with van der Waals surface area (Å²) >= 11 is 0. The van der Waals surface area contributed by atoms with Gasteiger partial charge in [0.25, 0.3) is 5.91 Å². The fourth-order valence-corrected chi connectivity index (χ4v) is 3.15. The number of nitrogens with zero attached hydrogens (tertiary/aromatic N) is 4. The van der Waals surface area contributed by atoms with Crippen molar-refractivity contribution in [1.82, 2.24) is 25.3 Å². The lowest BCUT2D eigenvalue weighted by atomic mass is 9.96. The van der Waals surface area contributed by atoms with E-state index in [9.17, 15) is 9.18 Å². The Morgan fingerprint density at radius 1 is 1.30 bits per heavy atom. The van der Waals surface area contributed by atoms with Crippen molar-refractivity contribution in [2.24, 2.45) is 7.05 Å². The number of aryl methyl sites for hydroxylation is 1. The van der Waals surface area contributed by atoms with E-state index >= 15 is 0 Å². The summed E-state index contributed by atoms with van der Waals surface area (Å²) in [6.07, 6.45) is 3.77. The molecule has 0 saturated carbocycles. The van der Waals surface area contributed by atoms with Crippen molar-refractivity contribution < 1.29 is 13.9 Å². The van der Waals surface area contributed by atoms with E-state index in [4.69, 9.17) is 4.74 Å². The summed E-state index contributed by atoms with van der Waals surface area (Å²) in [5, 5.41) is 11.2. The topological polar surface area (TPSA) is 81.9 Å². The predicted molar refractivity (Wildman–Crippen MR) is 95.0 cm³/mol. The van der Waals surface area contributed by atoms with E-state index in [1.165, 1.54) is 18.3 Å². The van der Waals surface area contributed by atoms with Crippen molar-refractivity contribution >= 4 is 5.91 Å².